The number of nitrogens with zero attached hydrogens (tertiary/aromatic N) is 3. The Morgan fingerprint density at radius 3 is 3.09 bits per heavy atom. The molecule has 1 aliphatic heterocycles. The standard InChI is InChI=1S/C14H17N5O3/c1-9(20)16-4-11-5-17-13(18-11)10-2-3-19(7-10)14(21)12-6-15-8-22-12/h5-6,8,10H,2-4,7H2,1H3,(H,16,20)(H,17,18). The Hall–Kier alpha value is -2.64. The predicted molar refractivity (Wildman–Crippen MR) is 75.9 cm³/mol. The second-order valence-corrected chi connectivity index (χ2v) is 5.31. The first-order valence-corrected chi connectivity index (χ1v) is 7.09. The smallest absolute Gasteiger partial charge is 0.291 e. The first-order valence-electron chi connectivity index (χ1n) is 7.09. The van der Waals surface area contributed by atoms with Crippen LogP contribution in [-0.2, 0) is 11.3 Å². The minimum atomic E-state index is -0.148. The van der Waals surface area contributed by atoms with Gasteiger partial charge >= 0.3 is 0 Å². The van der Waals surface area contributed by atoms with E-state index in [2.05, 4.69) is 20.3 Å². The molecule has 0 spiro atoms. The van der Waals surface area contributed by atoms with Crippen LogP contribution in [0.5, 0.6) is 0 Å². The number of H-pyrrole nitrogens is 1. The van der Waals surface area contributed by atoms with Crippen LogP contribution in [0.15, 0.2) is 23.2 Å². The van der Waals surface area contributed by atoms with Gasteiger partial charge in [0.15, 0.2) is 6.39 Å². The number of hydrogen-bond acceptors (Lipinski definition) is 5. The predicted octanol–water partition coefficient (Wildman–Crippen LogP) is 0.663. The molecule has 2 aromatic heterocycles. The van der Waals surface area contributed by atoms with Gasteiger partial charge in [-0.2, -0.15) is 0 Å². The first kappa shape index (κ1) is 14.3. The Bertz CT molecular complexity index is 664. The molecule has 2 aromatic rings. The van der Waals surface area contributed by atoms with Crippen LogP contribution in [-0.4, -0.2) is 44.8 Å². The maximum Gasteiger partial charge on any atom is 0.291 e. The molecule has 22 heavy (non-hydrogen) atoms. The fraction of sp³-hybridized carbons (Fsp3) is 0.429. The topological polar surface area (TPSA) is 104 Å². The fourth-order valence-corrected chi connectivity index (χ4v) is 2.54. The number of imidazole rings is 1. The lowest BCUT2D eigenvalue weighted by Crippen LogP contribution is -2.28. The van der Waals surface area contributed by atoms with E-state index in [1.165, 1.54) is 19.5 Å². The van der Waals surface area contributed by atoms with Gasteiger partial charge < -0.3 is 19.6 Å². The second-order valence-electron chi connectivity index (χ2n) is 5.31. The zero-order chi connectivity index (χ0) is 15.5. The largest absolute Gasteiger partial charge is 0.438 e. The van der Waals surface area contributed by atoms with E-state index < -0.39 is 0 Å². The number of amides is 2. The van der Waals surface area contributed by atoms with Gasteiger partial charge in [0.25, 0.3) is 5.91 Å². The summed E-state index contributed by atoms with van der Waals surface area (Å²) < 4.78 is 5.04. The second kappa shape index (κ2) is 6.00. The average molecular weight is 303 g/mol. The Balaban J connectivity index is 1.60. The Morgan fingerprint density at radius 1 is 1.50 bits per heavy atom. The normalized spacial score (nSPS) is 17.7. The van der Waals surface area contributed by atoms with Crippen LogP contribution in [0, 0.1) is 0 Å². The molecule has 8 heteroatoms. The number of oxazole rings is 1. The van der Waals surface area contributed by atoms with Gasteiger partial charge in [-0.1, -0.05) is 0 Å². The lowest BCUT2D eigenvalue weighted by Gasteiger charge is -2.13. The first-order chi connectivity index (χ1) is 10.6. The lowest BCUT2D eigenvalue weighted by atomic mass is 10.1. The highest BCUT2D eigenvalue weighted by Crippen LogP contribution is 2.26. The van der Waals surface area contributed by atoms with Crippen LogP contribution in [0.25, 0.3) is 0 Å². The van der Waals surface area contributed by atoms with E-state index in [1.807, 2.05) is 0 Å². The van der Waals surface area contributed by atoms with E-state index in [0.717, 1.165) is 17.9 Å². The number of carbonyl (C=O) groups excluding carboxylic acids is 2. The van der Waals surface area contributed by atoms with Gasteiger partial charge in [-0.05, 0) is 6.42 Å². The third kappa shape index (κ3) is 3.00. The molecule has 1 unspecified atom stereocenters. The van der Waals surface area contributed by atoms with E-state index >= 15 is 0 Å². The third-order valence-corrected chi connectivity index (χ3v) is 3.68. The van der Waals surface area contributed by atoms with Crippen molar-refractivity contribution in [2.45, 2.75) is 25.8 Å². The zero-order valence-electron chi connectivity index (χ0n) is 12.2. The summed E-state index contributed by atoms with van der Waals surface area (Å²) >= 11 is 0. The van der Waals surface area contributed by atoms with Gasteiger partial charge in [-0.3, -0.25) is 9.59 Å². The van der Waals surface area contributed by atoms with Gasteiger partial charge in [-0.15, -0.1) is 0 Å². The fourth-order valence-electron chi connectivity index (χ4n) is 2.54. The third-order valence-electron chi connectivity index (χ3n) is 3.68. The Morgan fingerprint density at radius 2 is 2.36 bits per heavy atom. The molecule has 3 rings (SSSR count). The quantitative estimate of drug-likeness (QED) is 0.863. The molecule has 0 radical (unpaired) electrons. The summed E-state index contributed by atoms with van der Waals surface area (Å²) in [5, 5.41) is 2.72. The molecule has 2 amide bonds. The number of aromatic amines is 1. The number of hydrogen-bond donors (Lipinski definition) is 2. The van der Waals surface area contributed by atoms with Crippen molar-refractivity contribution >= 4 is 11.8 Å². The van der Waals surface area contributed by atoms with Crippen molar-refractivity contribution in [2.75, 3.05) is 13.1 Å². The molecule has 0 aromatic carbocycles. The van der Waals surface area contributed by atoms with Crippen LogP contribution in [0.3, 0.4) is 0 Å². The molecular formula is C14H17N5O3. The number of rotatable bonds is 4. The van der Waals surface area contributed by atoms with Crippen molar-refractivity contribution in [2.24, 2.45) is 0 Å². The minimum Gasteiger partial charge on any atom is -0.438 e. The zero-order valence-corrected chi connectivity index (χ0v) is 12.2. The molecule has 8 nitrogen and oxygen atoms in total. The van der Waals surface area contributed by atoms with Crippen molar-refractivity contribution in [3.8, 4) is 0 Å². The maximum atomic E-state index is 12.2. The number of likely N-dealkylation sites (tertiary alicyclic amines) is 1. The summed E-state index contributed by atoms with van der Waals surface area (Å²) in [6.07, 6.45) is 5.23. The molecule has 1 fully saturated rings. The monoisotopic (exact) mass is 303 g/mol. The molecule has 116 valence electrons. The van der Waals surface area contributed by atoms with Crippen LogP contribution < -0.4 is 5.32 Å². The molecule has 0 saturated carbocycles. The van der Waals surface area contributed by atoms with Crippen molar-refractivity contribution in [3.63, 3.8) is 0 Å². The molecular weight excluding hydrogens is 286 g/mol. The maximum absolute atomic E-state index is 12.2. The van der Waals surface area contributed by atoms with Crippen molar-refractivity contribution in [1.29, 1.82) is 0 Å². The molecule has 1 atom stereocenters. The molecule has 1 aliphatic rings. The molecule has 3 heterocycles. The highest BCUT2D eigenvalue weighted by molar-refractivity contribution is 5.91. The van der Waals surface area contributed by atoms with E-state index in [0.29, 0.717) is 19.6 Å². The van der Waals surface area contributed by atoms with Crippen LogP contribution in [0.2, 0.25) is 0 Å². The summed E-state index contributed by atoms with van der Waals surface area (Å²) in [5.41, 5.74) is 0.852. The van der Waals surface area contributed by atoms with Gasteiger partial charge in [0.1, 0.15) is 5.82 Å². The minimum absolute atomic E-state index is 0.0826. The molecule has 0 aliphatic carbocycles. The summed E-state index contributed by atoms with van der Waals surface area (Å²) in [7, 11) is 0. The molecule has 1 saturated heterocycles. The highest BCUT2D eigenvalue weighted by Gasteiger charge is 2.30. The van der Waals surface area contributed by atoms with Crippen LogP contribution in [0.1, 0.15) is 41.3 Å². The van der Waals surface area contributed by atoms with Crippen LogP contribution in [0.4, 0.5) is 0 Å². The Kier molecular flexibility index (Phi) is 3.90. The number of aromatic nitrogens is 3. The highest BCUT2D eigenvalue weighted by atomic mass is 16.3. The average Bonchev–Trinajstić information content (AvgIpc) is 3.23. The van der Waals surface area contributed by atoms with Gasteiger partial charge in [0, 0.05) is 25.9 Å². The van der Waals surface area contributed by atoms with Gasteiger partial charge in [0.05, 0.1) is 24.6 Å². The van der Waals surface area contributed by atoms with E-state index in [4.69, 9.17) is 4.42 Å². The summed E-state index contributed by atoms with van der Waals surface area (Å²) in [4.78, 5) is 36.1. The number of nitrogens with one attached hydrogen (secondary N) is 2. The summed E-state index contributed by atoms with van der Waals surface area (Å²) in [5.74, 6) is 1.03. The van der Waals surface area contributed by atoms with E-state index in [9.17, 15) is 9.59 Å². The SMILES string of the molecule is CC(=O)NCc1cnc(C2CCN(C(=O)c3cnco3)C2)[nH]1. The van der Waals surface area contributed by atoms with E-state index in [1.54, 1.807) is 11.1 Å². The number of carbonyl (C=O) groups is 2. The molecule has 2 N–H and O–H groups in total. The lowest BCUT2D eigenvalue weighted by molar-refractivity contribution is -0.119. The van der Waals surface area contributed by atoms with Crippen molar-refractivity contribution < 1.29 is 14.0 Å². The van der Waals surface area contributed by atoms with Crippen molar-refractivity contribution in [1.82, 2.24) is 25.2 Å². The summed E-state index contributed by atoms with van der Waals surface area (Å²) in [6, 6.07) is 0. The van der Waals surface area contributed by atoms with Gasteiger partial charge in [0.2, 0.25) is 11.7 Å². The van der Waals surface area contributed by atoms with Crippen molar-refractivity contribution in [3.05, 3.63) is 36.1 Å². The van der Waals surface area contributed by atoms with Gasteiger partial charge in [-0.25, -0.2) is 9.97 Å². The summed E-state index contributed by atoms with van der Waals surface area (Å²) in [6.45, 7) is 3.15. The Labute approximate surface area is 126 Å². The molecule has 0 bridgehead atoms. The van der Waals surface area contributed by atoms with E-state index in [-0.39, 0.29) is 23.5 Å². The van der Waals surface area contributed by atoms with Crippen LogP contribution >= 0.6 is 0 Å².